The van der Waals surface area contributed by atoms with Gasteiger partial charge >= 0.3 is 0 Å². The van der Waals surface area contributed by atoms with E-state index >= 15 is 0 Å². The summed E-state index contributed by atoms with van der Waals surface area (Å²) in [5.74, 6) is 0.670. The lowest BCUT2D eigenvalue weighted by Crippen LogP contribution is -2.26. The van der Waals surface area contributed by atoms with Gasteiger partial charge in [0.05, 0.1) is 11.4 Å². The van der Waals surface area contributed by atoms with Crippen LogP contribution in [0.4, 0.5) is 0 Å². The van der Waals surface area contributed by atoms with Crippen molar-refractivity contribution < 1.29 is 12.9 Å². The van der Waals surface area contributed by atoms with Crippen LogP contribution in [0.15, 0.2) is 58.2 Å². The van der Waals surface area contributed by atoms with Gasteiger partial charge in [-0.05, 0) is 18.2 Å². The predicted molar refractivity (Wildman–Crippen MR) is 80.7 cm³/mol. The van der Waals surface area contributed by atoms with E-state index in [0.29, 0.717) is 12.4 Å². The Morgan fingerprint density at radius 2 is 2.00 bits per heavy atom. The van der Waals surface area contributed by atoms with Gasteiger partial charge in [-0.3, -0.25) is 4.68 Å². The van der Waals surface area contributed by atoms with Crippen molar-refractivity contribution in [1.29, 1.82) is 0 Å². The maximum Gasteiger partial charge on any atom is 0.243 e. The molecule has 23 heavy (non-hydrogen) atoms. The zero-order valence-corrected chi connectivity index (χ0v) is 13.2. The van der Waals surface area contributed by atoms with Crippen molar-refractivity contribution in [2.75, 3.05) is 7.05 Å². The molecule has 2 heterocycles. The van der Waals surface area contributed by atoms with Gasteiger partial charge in [-0.1, -0.05) is 23.4 Å². The number of hydrogen-bond donors (Lipinski definition) is 0. The zero-order chi connectivity index (χ0) is 16.3. The van der Waals surface area contributed by atoms with E-state index in [1.807, 2.05) is 0 Å². The van der Waals surface area contributed by atoms with Crippen molar-refractivity contribution in [1.82, 2.24) is 24.2 Å². The summed E-state index contributed by atoms with van der Waals surface area (Å²) < 4.78 is 32.8. The monoisotopic (exact) mass is 333 g/mol. The Morgan fingerprint density at radius 1 is 1.22 bits per heavy atom. The van der Waals surface area contributed by atoms with Gasteiger partial charge in [0.1, 0.15) is 6.54 Å². The molecule has 2 aromatic heterocycles. The van der Waals surface area contributed by atoms with Gasteiger partial charge in [0, 0.05) is 19.4 Å². The molecule has 0 aliphatic carbocycles. The Hall–Kier alpha value is -2.52. The first kappa shape index (κ1) is 15.4. The molecular weight excluding hydrogens is 318 g/mol. The van der Waals surface area contributed by atoms with Crippen LogP contribution in [0.3, 0.4) is 0 Å². The molecule has 0 amide bonds. The second-order valence-electron chi connectivity index (χ2n) is 4.88. The van der Waals surface area contributed by atoms with Gasteiger partial charge in [0.2, 0.25) is 15.9 Å². The summed E-state index contributed by atoms with van der Waals surface area (Å²) in [7, 11) is -2.12. The Morgan fingerprint density at radius 3 is 2.70 bits per heavy atom. The van der Waals surface area contributed by atoms with E-state index in [0.717, 1.165) is 0 Å². The van der Waals surface area contributed by atoms with Crippen LogP contribution in [0, 0.1) is 0 Å². The van der Waals surface area contributed by atoms with Crippen LogP contribution < -0.4 is 0 Å². The molecule has 0 fully saturated rings. The average molecular weight is 333 g/mol. The lowest BCUT2D eigenvalue weighted by atomic mass is 10.4. The Balaban J connectivity index is 1.71. The van der Waals surface area contributed by atoms with E-state index < -0.39 is 10.0 Å². The fraction of sp³-hybridized carbons (Fsp3) is 0.214. The first-order valence-electron chi connectivity index (χ1n) is 6.86. The summed E-state index contributed by atoms with van der Waals surface area (Å²) in [5.41, 5.74) is 0. The normalized spacial score (nSPS) is 11.9. The SMILES string of the molecule is CN(Cc1nc(Cn2cccn2)no1)S(=O)(=O)c1ccccc1. The molecule has 8 nitrogen and oxygen atoms in total. The van der Waals surface area contributed by atoms with Crippen molar-refractivity contribution in [3.63, 3.8) is 0 Å². The van der Waals surface area contributed by atoms with E-state index in [9.17, 15) is 8.42 Å². The molecule has 1 aromatic carbocycles. The highest BCUT2D eigenvalue weighted by Gasteiger charge is 2.22. The Kier molecular flexibility index (Phi) is 4.22. The van der Waals surface area contributed by atoms with Crippen LogP contribution in [-0.4, -0.2) is 39.7 Å². The maximum atomic E-state index is 12.4. The molecule has 0 saturated heterocycles. The number of rotatable bonds is 6. The van der Waals surface area contributed by atoms with Crippen molar-refractivity contribution in [2.24, 2.45) is 0 Å². The third-order valence-electron chi connectivity index (χ3n) is 3.18. The molecule has 0 atom stereocenters. The third kappa shape index (κ3) is 3.46. The van der Waals surface area contributed by atoms with Crippen LogP contribution >= 0.6 is 0 Å². The molecular formula is C14H15N5O3S. The molecule has 0 spiro atoms. The highest BCUT2D eigenvalue weighted by atomic mass is 32.2. The first-order valence-corrected chi connectivity index (χ1v) is 8.30. The minimum Gasteiger partial charge on any atom is -0.338 e. The highest BCUT2D eigenvalue weighted by molar-refractivity contribution is 7.89. The molecule has 0 bridgehead atoms. The van der Waals surface area contributed by atoms with Crippen molar-refractivity contribution in [2.45, 2.75) is 18.0 Å². The lowest BCUT2D eigenvalue weighted by Gasteiger charge is -2.14. The quantitative estimate of drug-likeness (QED) is 0.671. The number of nitrogens with zero attached hydrogens (tertiary/aromatic N) is 5. The van der Waals surface area contributed by atoms with Gasteiger partial charge in [0.25, 0.3) is 0 Å². The second kappa shape index (κ2) is 6.31. The molecule has 0 aliphatic rings. The summed E-state index contributed by atoms with van der Waals surface area (Å²) in [5, 5.41) is 7.88. The van der Waals surface area contributed by atoms with E-state index in [4.69, 9.17) is 4.52 Å². The molecule has 0 saturated carbocycles. The number of aromatic nitrogens is 4. The summed E-state index contributed by atoms with van der Waals surface area (Å²) in [4.78, 5) is 4.41. The van der Waals surface area contributed by atoms with Gasteiger partial charge in [-0.2, -0.15) is 14.4 Å². The molecule has 3 aromatic rings. The predicted octanol–water partition coefficient (Wildman–Crippen LogP) is 1.14. The van der Waals surface area contributed by atoms with Gasteiger partial charge in [-0.25, -0.2) is 8.42 Å². The third-order valence-corrected chi connectivity index (χ3v) is 5.00. The molecule has 9 heteroatoms. The molecule has 0 unspecified atom stereocenters. The van der Waals surface area contributed by atoms with Crippen LogP contribution in [0.25, 0.3) is 0 Å². The van der Waals surface area contributed by atoms with Crippen molar-refractivity contribution >= 4 is 10.0 Å². The Labute approximate surface area is 133 Å². The second-order valence-corrected chi connectivity index (χ2v) is 6.93. The summed E-state index contributed by atoms with van der Waals surface area (Å²) >= 11 is 0. The Bertz CT molecular complexity index is 859. The highest BCUT2D eigenvalue weighted by Crippen LogP contribution is 2.15. The van der Waals surface area contributed by atoms with Gasteiger partial charge in [-0.15, -0.1) is 0 Å². The van der Waals surface area contributed by atoms with Crippen molar-refractivity contribution in [3.8, 4) is 0 Å². The lowest BCUT2D eigenvalue weighted by molar-refractivity contribution is 0.333. The van der Waals surface area contributed by atoms with Gasteiger partial charge < -0.3 is 4.52 Å². The average Bonchev–Trinajstić information content (AvgIpc) is 3.21. The van der Waals surface area contributed by atoms with Gasteiger partial charge in [0.15, 0.2) is 5.82 Å². The zero-order valence-electron chi connectivity index (χ0n) is 12.4. The molecule has 0 radical (unpaired) electrons. The molecule has 3 rings (SSSR count). The van der Waals surface area contributed by atoms with E-state index in [1.54, 1.807) is 53.5 Å². The topological polar surface area (TPSA) is 94.1 Å². The largest absolute Gasteiger partial charge is 0.338 e. The van der Waals surface area contributed by atoms with E-state index in [-0.39, 0.29) is 17.3 Å². The fourth-order valence-electron chi connectivity index (χ4n) is 2.01. The molecule has 0 aliphatic heterocycles. The van der Waals surface area contributed by atoms with Crippen LogP contribution in [0.5, 0.6) is 0 Å². The fourth-order valence-corrected chi connectivity index (χ4v) is 3.15. The van der Waals surface area contributed by atoms with E-state index in [1.165, 1.54) is 11.4 Å². The minimum absolute atomic E-state index is 0.00331. The summed E-state index contributed by atoms with van der Waals surface area (Å²) in [6.45, 7) is 0.370. The number of sulfonamides is 1. The summed E-state index contributed by atoms with van der Waals surface area (Å²) in [6.07, 6.45) is 3.43. The van der Waals surface area contributed by atoms with Crippen LogP contribution in [-0.2, 0) is 23.1 Å². The number of benzene rings is 1. The van der Waals surface area contributed by atoms with Crippen LogP contribution in [0.2, 0.25) is 0 Å². The standard InChI is InChI=1S/C14H15N5O3S/c1-18(23(20,21)12-6-3-2-4-7-12)11-14-16-13(17-22-14)10-19-9-5-8-15-19/h2-9H,10-11H2,1H3. The first-order chi connectivity index (χ1) is 11.1. The minimum atomic E-state index is -3.59. The number of hydrogen-bond acceptors (Lipinski definition) is 6. The van der Waals surface area contributed by atoms with Crippen molar-refractivity contribution in [3.05, 3.63) is 60.5 Å². The smallest absolute Gasteiger partial charge is 0.243 e. The van der Waals surface area contributed by atoms with Crippen LogP contribution in [0.1, 0.15) is 11.7 Å². The molecule has 0 N–H and O–H groups in total. The maximum absolute atomic E-state index is 12.4. The molecule has 120 valence electrons. The summed E-state index contributed by atoms with van der Waals surface area (Å²) in [6, 6.07) is 10.00. The van der Waals surface area contributed by atoms with E-state index in [2.05, 4.69) is 15.2 Å².